The predicted octanol–water partition coefficient (Wildman–Crippen LogP) is 2.67. The van der Waals surface area contributed by atoms with Crippen LogP contribution in [-0.4, -0.2) is 21.4 Å². The normalized spacial score (nSPS) is 42.0. The largest absolute Gasteiger partial charge is 0.389 e. The second kappa shape index (κ2) is 3.96. The van der Waals surface area contributed by atoms with Gasteiger partial charge in [0.2, 0.25) is 0 Å². The Labute approximate surface area is 104 Å². The fourth-order valence-electron chi connectivity index (χ4n) is 3.32. The number of fused-ring (bicyclic) bond motifs is 2. The van der Waals surface area contributed by atoms with Gasteiger partial charge in [-0.1, -0.05) is 23.8 Å². The lowest BCUT2D eigenvalue weighted by Crippen LogP contribution is -2.35. The van der Waals surface area contributed by atoms with Gasteiger partial charge in [0.25, 0.3) is 0 Å². The lowest BCUT2D eigenvalue weighted by Gasteiger charge is -2.30. The lowest BCUT2D eigenvalue weighted by molar-refractivity contribution is -0.00470. The van der Waals surface area contributed by atoms with E-state index in [1.165, 1.54) is 5.57 Å². The van der Waals surface area contributed by atoms with Crippen LogP contribution in [-0.2, 0) is 0 Å². The number of rotatable bonds is 2. The van der Waals surface area contributed by atoms with Crippen LogP contribution in [0.3, 0.4) is 0 Å². The van der Waals surface area contributed by atoms with Gasteiger partial charge >= 0.3 is 0 Å². The first-order valence-electron chi connectivity index (χ1n) is 6.52. The van der Waals surface area contributed by atoms with Crippen molar-refractivity contribution in [2.75, 3.05) is 0 Å². The molecule has 0 spiro atoms. The maximum Gasteiger partial charge on any atom is 0.0771 e. The molecule has 2 nitrogen and oxygen atoms in total. The van der Waals surface area contributed by atoms with Crippen molar-refractivity contribution in [2.45, 2.75) is 51.7 Å². The number of allylic oxidation sites excluding steroid dienone is 2. The number of hydrogen-bond donors (Lipinski definition) is 2. The predicted molar refractivity (Wildman–Crippen MR) is 69.5 cm³/mol. The minimum Gasteiger partial charge on any atom is -0.389 e. The van der Waals surface area contributed by atoms with Crippen molar-refractivity contribution in [1.82, 2.24) is 0 Å². The molecule has 2 bridgehead atoms. The molecule has 0 radical (unpaired) electrons. The summed E-state index contributed by atoms with van der Waals surface area (Å²) in [6.07, 6.45) is 8.18. The quantitative estimate of drug-likeness (QED) is 0.724. The summed E-state index contributed by atoms with van der Waals surface area (Å²) >= 11 is 0. The maximum absolute atomic E-state index is 10.7. The standard InChI is InChI=1S/C15H24O2/c1-10-5-6-11-9-12(10)13(15(11,4)17)7-8-14(2,3)16/h5,7-8,11-13,16-17H,6,9H2,1-4H3/b8-7+/t11-,12-,13+,15-/m0/s1. The molecule has 0 heterocycles. The second-order valence-corrected chi connectivity index (χ2v) is 6.49. The van der Waals surface area contributed by atoms with Crippen LogP contribution in [0.4, 0.5) is 0 Å². The highest BCUT2D eigenvalue weighted by molar-refractivity contribution is 5.23. The third kappa shape index (κ3) is 2.34. The summed E-state index contributed by atoms with van der Waals surface area (Å²) in [7, 11) is 0. The van der Waals surface area contributed by atoms with E-state index in [0.29, 0.717) is 11.8 Å². The topological polar surface area (TPSA) is 40.5 Å². The Kier molecular flexibility index (Phi) is 2.99. The van der Waals surface area contributed by atoms with Gasteiger partial charge in [-0.05, 0) is 52.4 Å². The minimum atomic E-state index is -0.801. The smallest absolute Gasteiger partial charge is 0.0771 e. The first-order chi connectivity index (χ1) is 7.72. The zero-order valence-electron chi connectivity index (χ0n) is 11.3. The van der Waals surface area contributed by atoms with Gasteiger partial charge in [-0.2, -0.15) is 0 Å². The molecule has 0 aliphatic heterocycles. The second-order valence-electron chi connectivity index (χ2n) is 6.49. The highest BCUT2D eigenvalue weighted by Gasteiger charge is 2.51. The zero-order chi connectivity index (χ0) is 12.8. The monoisotopic (exact) mass is 236 g/mol. The molecule has 0 saturated heterocycles. The first-order valence-corrected chi connectivity index (χ1v) is 6.52. The zero-order valence-corrected chi connectivity index (χ0v) is 11.3. The Morgan fingerprint density at radius 2 is 2.12 bits per heavy atom. The van der Waals surface area contributed by atoms with Crippen molar-refractivity contribution in [1.29, 1.82) is 0 Å². The van der Waals surface area contributed by atoms with Gasteiger partial charge in [-0.15, -0.1) is 0 Å². The van der Waals surface area contributed by atoms with Crippen molar-refractivity contribution in [3.63, 3.8) is 0 Å². The van der Waals surface area contributed by atoms with Crippen LogP contribution in [0, 0.1) is 17.8 Å². The van der Waals surface area contributed by atoms with E-state index in [2.05, 4.69) is 13.0 Å². The van der Waals surface area contributed by atoms with Gasteiger partial charge < -0.3 is 10.2 Å². The fourth-order valence-corrected chi connectivity index (χ4v) is 3.32. The van der Waals surface area contributed by atoms with Crippen molar-refractivity contribution in [2.24, 2.45) is 17.8 Å². The third-order valence-electron chi connectivity index (χ3n) is 4.49. The van der Waals surface area contributed by atoms with Crippen LogP contribution in [0.25, 0.3) is 0 Å². The molecular weight excluding hydrogens is 212 g/mol. The Morgan fingerprint density at radius 1 is 1.47 bits per heavy atom. The average Bonchev–Trinajstić information content (AvgIpc) is 2.38. The highest BCUT2D eigenvalue weighted by atomic mass is 16.3. The van der Waals surface area contributed by atoms with Crippen LogP contribution < -0.4 is 0 Å². The highest BCUT2D eigenvalue weighted by Crippen LogP contribution is 2.52. The molecule has 4 atom stereocenters. The molecule has 0 unspecified atom stereocenters. The van der Waals surface area contributed by atoms with Gasteiger partial charge in [0.05, 0.1) is 11.2 Å². The van der Waals surface area contributed by atoms with E-state index in [4.69, 9.17) is 0 Å². The lowest BCUT2D eigenvalue weighted by atomic mass is 9.82. The molecule has 2 N–H and O–H groups in total. The van der Waals surface area contributed by atoms with E-state index in [0.717, 1.165) is 12.8 Å². The number of aliphatic hydroxyl groups is 2. The summed E-state index contributed by atoms with van der Waals surface area (Å²) in [4.78, 5) is 0. The molecular formula is C15H24O2. The van der Waals surface area contributed by atoms with E-state index in [1.54, 1.807) is 13.8 Å². The van der Waals surface area contributed by atoms with E-state index in [-0.39, 0.29) is 5.92 Å². The van der Waals surface area contributed by atoms with Gasteiger partial charge in [0, 0.05) is 5.92 Å². The molecule has 1 saturated carbocycles. The Balaban J connectivity index is 2.26. The van der Waals surface area contributed by atoms with Crippen LogP contribution in [0.1, 0.15) is 40.5 Å². The van der Waals surface area contributed by atoms with Crippen LogP contribution in [0.15, 0.2) is 23.8 Å². The summed E-state index contributed by atoms with van der Waals surface area (Å²) in [6, 6.07) is 0. The summed E-state index contributed by atoms with van der Waals surface area (Å²) in [6.45, 7) is 7.64. The molecule has 2 aliphatic rings. The molecule has 0 aromatic heterocycles. The summed E-state index contributed by atoms with van der Waals surface area (Å²) < 4.78 is 0. The first kappa shape index (κ1) is 12.8. The van der Waals surface area contributed by atoms with Gasteiger partial charge in [0.1, 0.15) is 0 Å². The van der Waals surface area contributed by atoms with E-state index >= 15 is 0 Å². The molecule has 17 heavy (non-hydrogen) atoms. The van der Waals surface area contributed by atoms with Crippen molar-refractivity contribution in [3.05, 3.63) is 23.8 Å². The van der Waals surface area contributed by atoms with Gasteiger partial charge in [-0.3, -0.25) is 0 Å². The van der Waals surface area contributed by atoms with E-state index in [1.807, 2.05) is 19.1 Å². The molecule has 96 valence electrons. The number of hydrogen-bond acceptors (Lipinski definition) is 2. The van der Waals surface area contributed by atoms with Crippen LogP contribution >= 0.6 is 0 Å². The molecule has 2 heteroatoms. The van der Waals surface area contributed by atoms with Crippen molar-refractivity contribution >= 4 is 0 Å². The van der Waals surface area contributed by atoms with Crippen LogP contribution in [0.2, 0.25) is 0 Å². The third-order valence-corrected chi connectivity index (χ3v) is 4.49. The Morgan fingerprint density at radius 3 is 2.71 bits per heavy atom. The molecule has 0 aromatic rings. The van der Waals surface area contributed by atoms with Crippen molar-refractivity contribution < 1.29 is 10.2 Å². The van der Waals surface area contributed by atoms with E-state index in [9.17, 15) is 10.2 Å². The van der Waals surface area contributed by atoms with E-state index < -0.39 is 11.2 Å². The van der Waals surface area contributed by atoms with Crippen molar-refractivity contribution in [3.8, 4) is 0 Å². The fraction of sp³-hybridized carbons (Fsp3) is 0.733. The Hall–Kier alpha value is -0.600. The van der Waals surface area contributed by atoms with Gasteiger partial charge in [-0.25, -0.2) is 0 Å². The summed E-state index contributed by atoms with van der Waals surface area (Å²) in [5.74, 6) is 0.952. The molecule has 0 aromatic carbocycles. The Bertz CT molecular complexity index is 358. The van der Waals surface area contributed by atoms with Gasteiger partial charge in [0.15, 0.2) is 0 Å². The maximum atomic E-state index is 10.7. The summed E-state index contributed by atoms with van der Waals surface area (Å²) in [5.41, 5.74) is -0.0464. The minimum absolute atomic E-state index is 0.137. The SMILES string of the molecule is CC1=CC[C@H]2C[C@@H]1[C@@H](/C=C/C(C)(C)O)[C@@]2(C)O. The summed E-state index contributed by atoms with van der Waals surface area (Å²) in [5, 5.41) is 20.4. The molecule has 1 fully saturated rings. The molecule has 2 rings (SSSR count). The molecule has 2 aliphatic carbocycles. The molecule has 0 amide bonds. The average molecular weight is 236 g/mol. The van der Waals surface area contributed by atoms with Crippen LogP contribution in [0.5, 0.6) is 0 Å².